The molecule has 0 radical (unpaired) electrons. The van der Waals surface area contributed by atoms with E-state index in [0.29, 0.717) is 22.5 Å². The van der Waals surface area contributed by atoms with Gasteiger partial charge in [0.2, 0.25) is 0 Å². The Balaban J connectivity index is 2.18. The summed E-state index contributed by atoms with van der Waals surface area (Å²) in [5.41, 5.74) is 6.87. The predicted octanol–water partition coefficient (Wildman–Crippen LogP) is 3.99. The summed E-state index contributed by atoms with van der Waals surface area (Å²) in [6, 6.07) is 4.72. The van der Waals surface area contributed by atoms with Gasteiger partial charge in [0.15, 0.2) is 0 Å². The Morgan fingerprint density at radius 1 is 1.40 bits per heavy atom. The van der Waals surface area contributed by atoms with Crippen molar-refractivity contribution in [2.24, 2.45) is 11.1 Å². The summed E-state index contributed by atoms with van der Waals surface area (Å²) >= 11 is 6.18. The van der Waals surface area contributed by atoms with Crippen molar-refractivity contribution in [1.29, 1.82) is 0 Å². The van der Waals surface area contributed by atoms with Crippen molar-refractivity contribution in [1.82, 2.24) is 4.90 Å². The average molecular weight is 299 g/mol. The first kappa shape index (κ1) is 15.7. The maximum absolute atomic E-state index is 14.1. The van der Waals surface area contributed by atoms with Gasteiger partial charge in [0.1, 0.15) is 5.82 Å². The van der Waals surface area contributed by atoms with Crippen molar-refractivity contribution in [2.45, 2.75) is 39.2 Å². The van der Waals surface area contributed by atoms with Gasteiger partial charge in [-0.15, -0.1) is 0 Å². The van der Waals surface area contributed by atoms with Crippen LogP contribution in [0.15, 0.2) is 18.2 Å². The molecule has 0 bridgehead atoms. The number of nitrogens with two attached hydrogens (primary N) is 1. The number of rotatable bonds is 4. The number of halogens is 2. The van der Waals surface area contributed by atoms with Crippen LogP contribution in [0, 0.1) is 11.2 Å². The minimum atomic E-state index is -0.253. The highest BCUT2D eigenvalue weighted by atomic mass is 35.5. The molecule has 1 heterocycles. The largest absolute Gasteiger partial charge is 0.329 e. The second kappa shape index (κ2) is 6.42. The molecule has 2 nitrogen and oxygen atoms in total. The van der Waals surface area contributed by atoms with Crippen molar-refractivity contribution in [3.8, 4) is 0 Å². The number of likely N-dealkylation sites (tertiary alicyclic amines) is 1. The van der Waals surface area contributed by atoms with E-state index in [1.54, 1.807) is 12.1 Å². The third-order valence-electron chi connectivity index (χ3n) is 4.86. The van der Waals surface area contributed by atoms with E-state index in [4.69, 9.17) is 17.3 Å². The van der Waals surface area contributed by atoms with E-state index in [0.717, 1.165) is 25.9 Å². The molecular formula is C16H24ClFN2. The van der Waals surface area contributed by atoms with Gasteiger partial charge in [-0.25, -0.2) is 4.39 Å². The van der Waals surface area contributed by atoms with Gasteiger partial charge in [-0.05, 0) is 43.5 Å². The molecule has 20 heavy (non-hydrogen) atoms. The van der Waals surface area contributed by atoms with Crippen LogP contribution in [0.2, 0.25) is 5.02 Å². The molecule has 1 aliphatic rings. The van der Waals surface area contributed by atoms with E-state index < -0.39 is 0 Å². The van der Waals surface area contributed by atoms with E-state index in [2.05, 4.69) is 18.7 Å². The van der Waals surface area contributed by atoms with Crippen molar-refractivity contribution in [3.05, 3.63) is 34.6 Å². The lowest BCUT2D eigenvalue weighted by molar-refractivity contribution is 0.0817. The zero-order chi connectivity index (χ0) is 14.8. The van der Waals surface area contributed by atoms with E-state index in [-0.39, 0.29) is 11.9 Å². The summed E-state index contributed by atoms with van der Waals surface area (Å²) in [4.78, 5) is 2.28. The molecule has 1 saturated heterocycles. The lowest BCUT2D eigenvalue weighted by atomic mass is 9.78. The minimum absolute atomic E-state index is 0.120. The van der Waals surface area contributed by atoms with Gasteiger partial charge in [-0.3, -0.25) is 4.90 Å². The molecule has 1 aromatic rings. The third-order valence-corrected chi connectivity index (χ3v) is 5.19. The zero-order valence-corrected chi connectivity index (χ0v) is 13.1. The van der Waals surface area contributed by atoms with Gasteiger partial charge in [0.05, 0.1) is 6.04 Å². The summed E-state index contributed by atoms with van der Waals surface area (Å²) in [7, 11) is 0. The van der Waals surface area contributed by atoms with Gasteiger partial charge in [0.25, 0.3) is 0 Å². The fourth-order valence-electron chi connectivity index (χ4n) is 3.01. The first-order valence-corrected chi connectivity index (χ1v) is 7.76. The first-order valence-electron chi connectivity index (χ1n) is 7.39. The number of hydrogen-bond acceptors (Lipinski definition) is 2. The topological polar surface area (TPSA) is 29.3 Å². The number of hydrogen-bond donors (Lipinski definition) is 1. The van der Waals surface area contributed by atoms with Gasteiger partial charge in [0, 0.05) is 17.1 Å². The van der Waals surface area contributed by atoms with E-state index in [9.17, 15) is 4.39 Å². The van der Waals surface area contributed by atoms with Crippen LogP contribution in [-0.2, 0) is 0 Å². The van der Waals surface area contributed by atoms with Crippen LogP contribution in [-0.4, -0.2) is 24.5 Å². The van der Waals surface area contributed by atoms with Crippen LogP contribution < -0.4 is 5.73 Å². The first-order chi connectivity index (χ1) is 9.50. The minimum Gasteiger partial charge on any atom is -0.329 e. The Morgan fingerprint density at radius 3 is 2.55 bits per heavy atom. The van der Waals surface area contributed by atoms with E-state index >= 15 is 0 Å². The smallest absolute Gasteiger partial charge is 0.129 e. The Labute approximate surface area is 126 Å². The van der Waals surface area contributed by atoms with Gasteiger partial charge in [-0.2, -0.15) is 0 Å². The molecule has 0 spiro atoms. The molecule has 0 saturated carbocycles. The van der Waals surface area contributed by atoms with Crippen molar-refractivity contribution in [2.75, 3.05) is 19.6 Å². The second-order valence-electron chi connectivity index (χ2n) is 6.09. The summed E-state index contributed by atoms with van der Waals surface area (Å²) in [6.45, 7) is 6.87. The molecule has 1 fully saturated rings. The highest BCUT2D eigenvalue weighted by Gasteiger charge is 2.32. The monoisotopic (exact) mass is 298 g/mol. The van der Waals surface area contributed by atoms with Gasteiger partial charge < -0.3 is 5.73 Å². The van der Waals surface area contributed by atoms with Crippen LogP contribution in [0.1, 0.15) is 44.7 Å². The Kier molecular flexibility index (Phi) is 5.05. The summed E-state index contributed by atoms with van der Waals surface area (Å²) in [6.07, 6.45) is 3.45. The van der Waals surface area contributed by atoms with Crippen molar-refractivity contribution < 1.29 is 4.39 Å². The van der Waals surface area contributed by atoms with Crippen LogP contribution in [0.3, 0.4) is 0 Å². The van der Waals surface area contributed by atoms with Gasteiger partial charge >= 0.3 is 0 Å². The Hall–Kier alpha value is -0.640. The van der Waals surface area contributed by atoms with E-state index in [1.807, 2.05) is 0 Å². The number of benzene rings is 1. The highest BCUT2D eigenvalue weighted by Crippen LogP contribution is 2.38. The Morgan fingerprint density at radius 2 is 2.05 bits per heavy atom. The lowest BCUT2D eigenvalue weighted by Gasteiger charge is -2.42. The van der Waals surface area contributed by atoms with Crippen LogP contribution in [0.25, 0.3) is 0 Å². The molecule has 1 atom stereocenters. The van der Waals surface area contributed by atoms with Crippen LogP contribution in [0.4, 0.5) is 4.39 Å². The molecule has 112 valence electrons. The lowest BCUT2D eigenvalue weighted by Crippen LogP contribution is -2.43. The van der Waals surface area contributed by atoms with Crippen LogP contribution >= 0.6 is 11.6 Å². The molecule has 0 aromatic heterocycles. The SMILES string of the molecule is CCC1(C)CCN(C(CN)c2c(F)cccc2Cl)CC1. The summed E-state index contributed by atoms with van der Waals surface area (Å²) in [5.74, 6) is -0.253. The fourth-order valence-corrected chi connectivity index (χ4v) is 3.30. The molecule has 1 aliphatic heterocycles. The van der Waals surface area contributed by atoms with Crippen molar-refractivity contribution in [3.63, 3.8) is 0 Å². The predicted molar refractivity (Wildman–Crippen MR) is 82.4 cm³/mol. The average Bonchev–Trinajstić information content (AvgIpc) is 2.44. The maximum Gasteiger partial charge on any atom is 0.129 e. The second-order valence-corrected chi connectivity index (χ2v) is 6.49. The molecule has 0 amide bonds. The number of nitrogens with zero attached hydrogens (tertiary/aromatic N) is 1. The molecular weight excluding hydrogens is 275 g/mol. The molecule has 4 heteroatoms. The quantitative estimate of drug-likeness (QED) is 0.910. The number of piperidine rings is 1. The van der Waals surface area contributed by atoms with Crippen molar-refractivity contribution >= 4 is 11.6 Å². The Bertz CT molecular complexity index is 436. The molecule has 2 N–H and O–H groups in total. The summed E-state index contributed by atoms with van der Waals surface area (Å²) < 4.78 is 14.1. The fraction of sp³-hybridized carbons (Fsp3) is 0.625. The normalized spacial score (nSPS) is 20.9. The van der Waals surface area contributed by atoms with Gasteiger partial charge in [-0.1, -0.05) is 37.9 Å². The molecule has 1 aromatic carbocycles. The summed E-state index contributed by atoms with van der Waals surface area (Å²) in [5, 5.41) is 0.476. The maximum atomic E-state index is 14.1. The third kappa shape index (κ3) is 3.16. The molecule has 0 aliphatic carbocycles. The molecule has 2 rings (SSSR count). The van der Waals surface area contributed by atoms with Crippen LogP contribution in [0.5, 0.6) is 0 Å². The van der Waals surface area contributed by atoms with E-state index in [1.165, 1.54) is 12.5 Å². The standard InChI is InChI=1S/C16H24ClFN2/c1-3-16(2)7-9-20(10-8-16)14(11-19)15-12(17)5-4-6-13(15)18/h4-6,14H,3,7-11,19H2,1-2H3. The zero-order valence-electron chi connectivity index (χ0n) is 12.3. The molecule has 1 unspecified atom stereocenters. The highest BCUT2D eigenvalue weighted by molar-refractivity contribution is 6.31.